The fraction of sp³-hybridized carbons (Fsp3) is 0.278. The van der Waals surface area contributed by atoms with Crippen molar-refractivity contribution in [3.05, 3.63) is 53.8 Å². The standard InChI is InChI=1S/C18H19FN2O3/c1-12(21(2)10-13-4-3-5-14(19)8-13)18(22)20-15-6-7-16-17(9-15)24-11-23-16/h3-9,12H,10-11H2,1-2H3,(H,20,22)/p+1/t12-/m0/s1. The largest absolute Gasteiger partial charge is 0.454 e. The van der Waals surface area contributed by atoms with E-state index in [9.17, 15) is 9.18 Å². The van der Waals surface area contributed by atoms with Crippen LogP contribution in [-0.4, -0.2) is 25.8 Å². The first kappa shape index (κ1) is 16.3. The quantitative estimate of drug-likeness (QED) is 0.875. The Labute approximate surface area is 140 Å². The zero-order valence-electron chi connectivity index (χ0n) is 13.6. The molecule has 126 valence electrons. The molecule has 0 aromatic heterocycles. The molecule has 1 heterocycles. The fourth-order valence-electron chi connectivity index (χ4n) is 2.57. The van der Waals surface area contributed by atoms with Crippen LogP contribution in [0.5, 0.6) is 11.5 Å². The number of hydrogen-bond acceptors (Lipinski definition) is 3. The maximum Gasteiger partial charge on any atom is 0.282 e. The molecule has 0 spiro atoms. The first-order chi connectivity index (χ1) is 11.5. The van der Waals surface area contributed by atoms with Gasteiger partial charge in [-0.1, -0.05) is 12.1 Å². The van der Waals surface area contributed by atoms with E-state index in [1.807, 2.05) is 20.0 Å². The molecule has 1 aliphatic rings. The number of likely N-dealkylation sites (N-methyl/N-ethyl adjacent to an activating group) is 1. The highest BCUT2D eigenvalue weighted by Gasteiger charge is 2.23. The van der Waals surface area contributed by atoms with Crippen molar-refractivity contribution < 1.29 is 23.6 Å². The number of carbonyl (C=O) groups is 1. The van der Waals surface area contributed by atoms with Crippen LogP contribution in [-0.2, 0) is 11.3 Å². The molecule has 0 bridgehead atoms. The Morgan fingerprint density at radius 1 is 1.25 bits per heavy atom. The SMILES string of the molecule is C[C@@H](C(=O)Nc1ccc2c(c1)OCO2)[NH+](C)Cc1cccc(F)c1. The van der Waals surface area contributed by atoms with Crippen molar-refractivity contribution in [2.24, 2.45) is 0 Å². The third kappa shape index (κ3) is 3.65. The molecule has 6 heteroatoms. The molecule has 2 atom stereocenters. The van der Waals surface area contributed by atoms with Crippen LogP contribution in [0.2, 0.25) is 0 Å². The molecule has 0 aliphatic carbocycles. The summed E-state index contributed by atoms with van der Waals surface area (Å²) in [6, 6.07) is 11.4. The van der Waals surface area contributed by atoms with Gasteiger partial charge in [-0.15, -0.1) is 0 Å². The van der Waals surface area contributed by atoms with Crippen molar-refractivity contribution in [1.82, 2.24) is 0 Å². The highest BCUT2D eigenvalue weighted by molar-refractivity contribution is 5.93. The molecule has 0 saturated carbocycles. The second-order valence-corrected chi connectivity index (χ2v) is 5.93. The smallest absolute Gasteiger partial charge is 0.282 e. The van der Waals surface area contributed by atoms with E-state index in [1.165, 1.54) is 12.1 Å². The van der Waals surface area contributed by atoms with Gasteiger partial charge in [-0.05, 0) is 31.2 Å². The number of halogens is 1. The first-order valence-electron chi connectivity index (χ1n) is 7.80. The maximum absolute atomic E-state index is 13.3. The number of fused-ring (bicyclic) bond motifs is 1. The van der Waals surface area contributed by atoms with Crippen molar-refractivity contribution >= 4 is 11.6 Å². The number of nitrogens with one attached hydrogen (secondary N) is 2. The lowest BCUT2D eigenvalue weighted by Gasteiger charge is -2.21. The van der Waals surface area contributed by atoms with Crippen LogP contribution in [0.25, 0.3) is 0 Å². The summed E-state index contributed by atoms with van der Waals surface area (Å²) in [6.07, 6.45) is 0. The van der Waals surface area contributed by atoms with Gasteiger partial charge in [-0.2, -0.15) is 0 Å². The number of ether oxygens (including phenoxy) is 2. The lowest BCUT2D eigenvalue weighted by molar-refractivity contribution is -0.907. The van der Waals surface area contributed by atoms with Gasteiger partial charge < -0.3 is 19.7 Å². The Kier molecular flexibility index (Phi) is 4.66. The second kappa shape index (κ2) is 6.88. The monoisotopic (exact) mass is 331 g/mol. The van der Waals surface area contributed by atoms with Crippen LogP contribution in [0.3, 0.4) is 0 Å². The van der Waals surface area contributed by atoms with Crippen LogP contribution in [0.1, 0.15) is 12.5 Å². The van der Waals surface area contributed by atoms with Gasteiger partial charge in [0, 0.05) is 17.3 Å². The lowest BCUT2D eigenvalue weighted by Crippen LogP contribution is -3.12. The summed E-state index contributed by atoms with van der Waals surface area (Å²) in [5.41, 5.74) is 1.52. The van der Waals surface area contributed by atoms with Crippen LogP contribution >= 0.6 is 0 Å². The molecular weight excluding hydrogens is 311 g/mol. The summed E-state index contributed by atoms with van der Waals surface area (Å²) >= 11 is 0. The molecule has 0 radical (unpaired) electrons. The van der Waals surface area contributed by atoms with Gasteiger partial charge in [-0.25, -0.2) is 4.39 Å². The molecule has 0 saturated heterocycles. The summed E-state index contributed by atoms with van der Waals surface area (Å²) in [6.45, 7) is 2.61. The number of rotatable bonds is 5. The maximum atomic E-state index is 13.3. The van der Waals surface area contributed by atoms with E-state index >= 15 is 0 Å². The first-order valence-corrected chi connectivity index (χ1v) is 7.80. The van der Waals surface area contributed by atoms with Gasteiger partial charge in [-0.3, -0.25) is 4.79 Å². The Morgan fingerprint density at radius 2 is 2.04 bits per heavy atom. The minimum atomic E-state index is -0.293. The van der Waals surface area contributed by atoms with E-state index in [1.54, 1.807) is 24.3 Å². The lowest BCUT2D eigenvalue weighted by atomic mass is 10.1. The van der Waals surface area contributed by atoms with Crippen molar-refractivity contribution in [3.8, 4) is 11.5 Å². The minimum Gasteiger partial charge on any atom is -0.454 e. The molecule has 1 unspecified atom stereocenters. The Balaban J connectivity index is 1.61. The van der Waals surface area contributed by atoms with Gasteiger partial charge in [0.05, 0.1) is 7.05 Å². The zero-order chi connectivity index (χ0) is 17.1. The highest BCUT2D eigenvalue weighted by Crippen LogP contribution is 2.34. The van der Waals surface area contributed by atoms with Gasteiger partial charge >= 0.3 is 0 Å². The topological polar surface area (TPSA) is 52.0 Å². The predicted octanol–water partition coefficient (Wildman–Crippen LogP) is 1.60. The van der Waals surface area contributed by atoms with E-state index in [4.69, 9.17) is 9.47 Å². The summed E-state index contributed by atoms with van der Waals surface area (Å²) in [5, 5.41) is 2.88. The Bertz CT molecular complexity index is 751. The van der Waals surface area contributed by atoms with Gasteiger partial charge in [0.2, 0.25) is 6.79 Å². The highest BCUT2D eigenvalue weighted by atomic mass is 19.1. The predicted molar refractivity (Wildman–Crippen MR) is 87.6 cm³/mol. The number of quaternary nitrogens is 1. The van der Waals surface area contributed by atoms with E-state index in [0.29, 0.717) is 23.7 Å². The van der Waals surface area contributed by atoms with Crippen LogP contribution in [0, 0.1) is 5.82 Å². The summed E-state index contributed by atoms with van der Waals surface area (Å²) < 4.78 is 23.8. The number of hydrogen-bond donors (Lipinski definition) is 2. The molecule has 1 aliphatic heterocycles. The van der Waals surface area contributed by atoms with Crippen LogP contribution in [0.15, 0.2) is 42.5 Å². The van der Waals surface area contributed by atoms with E-state index < -0.39 is 0 Å². The molecule has 3 rings (SSSR count). The zero-order valence-corrected chi connectivity index (χ0v) is 13.6. The number of anilines is 1. The molecule has 2 aromatic rings. The summed E-state index contributed by atoms with van der Waals surface area (Å²) in [4.78, 5) is 13.4. The van der Waals surface area contributed by atoms with Gasteiger partial charge in [0.15, 0.2) is 17.5 Å². The average molecular weight is 331 g/mol. The third-order valence-corrected chi connectivity index (χ3v) is 4.14. The number of benzene rings is 2. The Morgan fingerprint density at radius 3 is 2.83 bits per heavy atom. The summed E-state index contributed by atoms with van der Waals surface area (Å²) in [7, 11) is 1.91. The molecule has 2 N–H and O–H groups in total. The molecule has 5 nitrogen and oxygen atoms in total. The van der Waals surface area contributed by atoms with E-state index in [-0.39, 0.29) is 24.6 Å². The average Bonchev–Trinajstić information content (AvgIpc) is 3.01. The number of carbonyl (C=O) groups excluding carboxylic acids is 1. The normalized spacial score (nSPS) is 15.0. The molecule has 2 aromatic carbocycles. The van der Waals surface area contributed by atoms with Crippen LogP contribution < -0.4 is 19.7 Å². The fourth-order valence-corrected chi connectivity index (χ4v) is 2.57. The second-order valence-electron chi connectivity index (χ2n) is 5.93. The summed E-state index contributed by atoms with van der Waals surface area (Å²) in [5.74, 6) is 0.927. The van der Waals surface area contributed by atoms with Gasteiger partial charge in [0.25, 0.3) is 5.91 Å². The van der Waals surface area contributed by atoms with E-state index in [0.717, 1.165) is 10.5 Å². The number of amides is 1. The van der Waals surface area contributed by atoms with Crippen LogP contribution in [0.4, 0.5) is 10.1 Å². The minimum absolute atomic E-state index is 0.109. The molecule has 0 fully saturated rings. The molecule has 24 heavy (non-hydrogen) atoms. The van der Waals surface area contributed by atoms with Crippen molar-refractivity contribution in [2.45, 2.75) is 19.5 Å². The van der Waals surface area contributed by atoms with E-state index in [2.05, 4.69) is 5.32 Å². The third-order valence-electron chi connectivity index (χ3n) is 4.14. The van der Waals surface area contributed by atoms with Crippen molar-refractivity contribution in [1.29, 1.82) is 0 Å². The molecule has 1 amide bonds. The van der Waals surface area contributed by atoms with Gasteiger partial charge in [0.1, 0.15) is 12.4 Å². The van der Waals surface area contributed by atoms with Crippen molar-refractivity contribution in [3.63, 3.8) is 0 Å². The Hall–Kier alpha value is -2.60. The van der Waals surface area contributed by atoms with Crippen molar-refractivity contribution in [2.75, 3.05) is 19.2 Å². The molecular formula is C18H20FN2O3+.